The number of benzene rings is 1. The SMILES string of the molecule is CSCC[C@@H](CO)NC(=O)[C@H]1CC(=O)N(c2n[nH]c3cc(Br)ccc23)C1. The van der Waals surface area contributed by atoms with Crippen molar-refractivity contribution in [2.24, 2.45) is 5.92 Å². The molecule has 9 heteroatoms. The standard InChI is InChI=1S/C17H21BrN4O3S/c1-26-5-4-12(9-23)19-17(25)10-6-15(24)22(8-10)16-13-3-2-11(18)7-14(13)20-21-16/h2-3,7,10,12,23H,4-6,8-9H2,1H3,(H,19,25)(H,20,21)/t10-,12-/m0/s1. The lowest BCUT2D eigenvalue weighted by Crippen LogP contribution is -2.42. The third kappa shape index (κ3) is 4.05. The van der Waals surface area contributed by atoms with Crippen LogP contribution in [0.15, 0.2) is 22.7 Å². The molecule has 1 aromatic carbocycles. The summed E-state index contributed by atoms with van der Waals surface area (Å²) in [6.07, 6.45) is 2.83. The first-order chi connectivity index (χ1) is 12.5. The van der Waals surface area contributed by atoms with Crippen LogP contribution >= 0.6 is 27.7 Å². The maximum atomic E-state index is 12.5. The van der Waals surface area contributed by atoms with E-state index < -0.39 is 5.92 Å². The van der Waals surface area contributed by atoms with Crippen LogP contribution in [-0.2, 0) is 9.59 Å². The van der Waals surface area contributed by atoms with Gasteiger partial charge in [-0.05, 0) is 36.6 Å². The second kappa shape index (κ2) is 8.41. The number of rotatable bonds is 7. The van der Waals surface area contributed by atoms with Crippen LogP contribution in [0.4, 0.5) is 5.82 Å². The van der Waals surface area contributed by atoms with Gasteiger partial charge in [-0.1, -0.05) is 15.9 Å². The van der Waals surface area contributed by atoms with Gasteiger partial charge in [-0.25, -0.2) is 0 Å². The molecule has 1 saturated heterocycles. The molecule has 7 nitrogen and oxygen atoms in total. The fraction of sp³-hybridized carbons (Fsp3) is 0.471. The van der Waals surface area contributed by atoms with Crippen molar-refractivity contribution in [1.82, 2.24) is 15.5 Å². The van der Waals surface area contributed by atoms with Gasteiger partial charge in [-0.15, -0.1) is 0 Å². The molecule has 0 saturated carbocycles. The zero-order valence-corrected chi connectivity index (χ0v) is 16.8. The number of hydrogen-bond acceptors (Lipinski definition) is 5. The summed E-state index contributed by atoms with van der Waals surface area (Å²) in [5.74, 6) is 0.660. The quantitative estimate of drug-likeness (QED) is 0.610. The van der Waals surface area contributed by atoms with Crippen molar-refractivity contribution in [2.45, 2.75) is 18.9 Å². The summed E-state index contributed by atoms with van der Waals surface area (Å²) in [5, 5.41) is 20.3. The first-order valence-electron chi connectivity index (χ1n) is 8.37. The third-order valence-electron chi connectivity index (χ3n) is 4.49. The topological polar surface area (TPSA) is 98.3 Å². The van der Waals surface area contributed by atoms with Crippen LogP contribution in [0.25, 0.3) is 10.9 Å². The molecule has 2 atom stereocenters. The number of aromatic nitrogens is 2. The monoisotopic (exact) mass is 440 g/mol. The van der Waals surface area contributed by atoms with Gasteiger partial charge < -0.3 is 10.4 Å². The molecule has 2 aromatic rings. The Bertz CT molecular complexity index is 812. The van der Waals surface area contributed by atoms with E-state index in [4.69, 9.17) is 0 Å². The van der Waals surface area contributed by atoms with Crippen molar-refractivity contribution >= 4 is 56.2 Å². The lowest BCUT2D eigenvalue weighted by atomic mass is 10.1. The molecule has 140 valence electrons. The first kappa shape index (κ1) is 19.2. The number of nitrogens with zero attached hydrogens (tertiary/aromatic N) is 2. The zero-order chi connectivity index (χ0) is 18.7. The van der Waals surface area contributed by atoms with Crippen LogP contribution in [0.2, 0.25) is 0 Å². The molecular formula is C17H21BrN4O3S. The number of aliphatic hydroxyl groups excluding tert-OH is 1. The summed E-state index contributed by atoms with van der Waals surface area (Å²) in [7, 11) is 0. The molecule has 0 spiro atoms. The van der Waals surface area contributed by atoms with Gasteiger partial charge in [-0.3, -0.25) is 19.6 Å². The number of hydrogen-bond donors (Lipinski definition) is 3. The van der Waals surface area contributed by atoms with Crippen molar-refractivity contribution in [3.05, 3.63) is 22.7 Å². The van der Waals surface area contributed by atoms with E-state index in [0.29, 0.717) is 18.8 Å². The third-order valence-corrected chi connectivity index (χ3v) is 5.63. The van der Waals surface area contributed by atoms with E-state index in [-0.39, 0.29) is 30.9 Å². The highest BCUT2D eigenvalue weighted by molar-refractivity contribution is 9.10. The van der Waals surface area contributed by atoms with Gasteiger partial charge in [0.2, 0.25) is 11.8 Å². The number of aromatic amines is 1. The molecule has 2 amide bonds. The molecule has 0 bridgehead atoms. The van der Waals surface area contributed by atoms with Crippen LogP contribution in [0.3, 0.4) is 0 Å². The Hall–Kier alpha value is -1.58. The predicted molar refractivity (Wildman–Crippen MR) is 106 cm³/mol. The summed E-state index contributed by atoms with van der Waals surface area (Å²) >= 11 is 5.08. The maximum Gasteiger partial charge on any atom is 0.229 e. The van der Waals surface area contributed by atoms with Gasteiger partial charge in [0.05, 0.1) is 24.1 Å². The van der Waals surface area contributed by atoms with Crippen LogP contribution in [0, 0.1) is 5.92 Å². The highest BCUT2D eigenvalue weighted by Crippen LogP contribution is 2.31. The second-order valence-corrected chi connectivity index (χ2v) is 8.21. The van der Waals surface area contributed by atoms with Crippen molar-refractivity contribution < 1.29 is 14.7 Å². The number of thioether (sulfide) groups is 1. The van der Waals surface area contributed by atoms with Crippen molar-refractivity contribution in [2.75, 3.05) is 30.1 Å². The van der Waals surface area contributed by atoms with Gasteiger partial charge >= 0.3 is 0 Å². The Morgan fingerprint density at radius 3 is 3.12 bits per heavy atom. The van der Waals surface area contributed by atoms with E-state index in [0.717, 1.165) is 21.1 Å². The van der Waals surface area contributed by atoms with Crippen molar-refractivity contribution in [3.63, 3.8) is 0 Å². The summed E-state index contributed by atoms with van der Waals surface area (Å²) in [6.45, 7) is 0.191. The van der Waals surface area contributed by atoms with Gasteiger partial charge in [0, 0.05) is 22.8 Å². The van der Waals surface area contributed by atoms with E-state index in [2.05, 4.69) is 31.4 Å². The van der Waals surface area contributed by atoms with Crippen LogP contribution < -0.4 is 10.2 Å². The minimum atomic E-state index is -0.437. The highest BCUT2D eigenvalue weighted by atomic mass is 79.9. The van der Waals surface area contributed by atoms with E-state index in [1.165, 1.54) is 0 Å². The summed E-state index contributed by atoms with van der Waals surface area (Å²) < 4.78 is 0.922. The number of nitrogens with one attached hydrogen (secondary N) is 2. The molecule has 0 unspecified atom stereocenters. The molecule has 1 fully saturated rings. The number of aliphatic hydroxyl groups is 1. The number of anilines is 1. The minimum absolute atomic E-state index is 0.102. The summed E-state index contributed by atoms with van der Waals surface area (Å²) in [4.78, 5) is 26.5. The lowest BCUT2D eigenvalue weighted by Gasteiger charge is -2.18. The number of H-pyrrole nitrogens is 1. The maximum absolute atomic E-state index is 12.5. The van der Waals surface area contributed by atoms with Crippen molar-refractivity contribution in [3.8, 4) is 0 Å². The average Bonchev–Trinajstić information content (AvgIpc) is 3.21. The second-order valence-electron chi connectivity index (χ2n) is 6.31. The number of halogens is 1. The van der Waals surface area contributed by atoms with E-state index in [9.17, 15) is 14.7 Å². The molecule has 3 N–H and O–H groups in total. The van der Waals surface area contributed by atoms with Gasteiger partial charge in [0.25, 0.3) is 0 Å². The van der Waals surface area contributed by atoms with E-state index in [1.54, 1.807) is 16.7 Å². The van der Waals surface area contributed by atoms with Gasteiger partial charge in [-0.2, -0.15) is 16.9 Å². The molecule has 3 rings (SSSR count). The molecule has 2 heterocycles. The molecule has 1 aliphatic rings. The fourth-order valence-corrected chi connectivity index (χ4v) is 3.94. The molecule has 1 aromatic heterocycles. The highest BCUT2D eigenvalue weighted by Gasteiger charge is 2.37. The summed E-state index contributed by atoms with van der Waals surface area (Å²) in [6, 6.07) is 5.41. The Kier molecular flexibility index (Phi) is 6.20. The normalized spacial score (nSPS) is 18.5. The Morgan fingerprint density at radius 2 is 2.38 bits per heavy atom. The Labute approximate surface area is 164 Å². The van der Waals surface area contributed by atoms with Gasteiger partial charge in [0.1, 0.15) is 0 Å². The largest absolute Gasteiger partial charge is 0.394 e. The van der Waals surface area contributed by atoms with E-state index >= 15 is 0 Å². The molecule has 26 heavy (non-hydrogen) atoms. The Balaban J connectivity index is 1.70. The Morgan fingerprint density at radius 1 is 1.58 bits per heavy atom. The lowest BCUT2D eigenvalue weighted by molar-refractivity contribution is -0.127. The zero-order valence-electron chi connectivity index (χ0n) is 14.4. The molecule has 0 radical (unpaired) electrons. The fourth-order valence-electron chi connectivity index (χ4n) is 3.06. The molecule has 0 aliphatic carbocycles. The number of fused-ring (bicyclic) bond motifs is 1. The summed E-state index contributed by atoms with van der Waals surface area (Å²) in [5.41, 5.74) is 0.826. The van der Waals surface area contributed by atoms with Crippen LogP contribution in [-0.4, -0.2) is 58.3 Å². The van der Waals surface area contributed by atoms with Crippen LogP contribution in [0.5, 0.6) is 0 Å². The smallest absolute Gasteiger partial charge is 0.229 e. The number of carbonyl (C=O) groups is 2. The molecule has 1 aliphatic heterocycles. The first-order valence-corrected chi connectivity index (χ1v) is 10.6. The van der Waals surface area contributed by atoms with Crippen LogP contribution in [0.1, 0.15) is 12.8 Å². The number of amides is 2. The van der Waals surface area contributed by atoms with Gasteiger partial charge in [0.15, 0.2) is 5.82 Å². The minimum Gasteiger partial charge on any atom is -0.394 e. The predicted octanol–water partition coefficient (Wildman–Crippen LogP) is 1.91. The molecular weight excluding hydrogens is 420 g/mol. The average molecular weight is 441 g/mol. The number of carbonyl (C=O) groups excluding carboxylic acids is 2. The van der Waals surface area contributed by atoms with E-state index in [1.807, 2.05) is 24.5 Å². The van der Waals surface area contributed by atoms with Crippen molar-refractivity contribution in [1.29, 1.82) is 0 Å².